The van der Waals surface area contributed by atoms with Crippen LogP contribution in [0.4, 0.5) is 0 Å². The molecule has 0 aromatic rings. The van der Waals surface area contributed by atoms with Crippen LogP contribution in [0.25, 0.3) is 0 Å². The Morgan fingerprint density at radius 2 is 2.57 bits per heavy atom. The van der Waals surface area contributed by atoms with E-state index in [1.165, 1.54) is 0 Å². The van der Waals surface area contributed by atoms with Gasteiger partial charge in [-0.2, -0.15) is 0 Å². The van der Waals surface area contributed by atoms with Crippen LogP contribution in [-0.2, 0) is 4.89 Å². The molecule has 1 saturated heterocycles. The van der Waals surface area contributed by atoms with Crippen LogP contribution >= 0.6 is 0 Å². The van der Waals surface area contributed by atoms with E-state index in [4.69, 9.17) is 5.26 Å². The first-order valence-electron chi connectivity index (χ1n) is 2.47. The number of hydrogen-bond donors (Lipinski definition) is 2. The Hall–Kier alpha value is -0.120. The van der Waals surface area contributed by atoms with Gasteiger partial charge in [0.1, 0.15) is 6.23 Å². The zero-order chi connectivity index (χ0) is 5.11. The number of nitrogens with one attached hydrogen (secondary N) is 1. The molecule has 1 atom stereocenters. The maximum atomic E-state index is 8.00. The van der Waals surface area contributed by atoms with Crippen molar-refractivity contribution < 1.29 is 10.1 Å². The molecule has 0 spiro atoms. The first kappa shape index (κ1) is 5.03. The lowest BCUT2D eigenvalue weighted by Crippen LogP contribution is -2.22. The summed E-state index contributed by atoms with van der Waals surface area (Å²) in [6, 6.07) is 0. The Kier molecular flexibility index (Phi) is 1.62. The molecule has 1 aliphatic heterocycles. The zero-order valence-corrected chi connectivity index (χ0v) is 4.05. The summed E-state index contributed by atoms with van der Waals surface area (Å²) in [6.07, 6.45) is 1.93. The molecule has 0 radical (unpaired) electrons. The average molecular weight is 103 g/mol. The highest BCUT2D eigenvalue weighted by molar-refractivity contribution is 4.62. The van der Waals surface area contributed by atoms with Crippen LogP contribution in [0, 0.1) is 0 Å². The van der Waals surface area contributed by atoms with Crippen molar-refractivity contribution in [2.45, 2.75) is 19.1 Å². The van der Waals surface area contributed by atoms with E-state index in [0.717, 1.165) is 19.4 Å². The fraction of sp³-hybridized carbons (Fsp3) is 1.00. The fourth-order valence-corrected chi connectivity index (χ4v) is 0.743. The van der Waals surface area contributed by atoms with Crippen LogP contribution in [0.5, 0.6) is 0 Å². The SMILES string of the molecule is OO[C@@H]1CCCN1. The van der Waals surface area contributed by atoms with Crippen LogP contribution in [0.15, 0.2) is 0 Å². The largest absolute Gasteiger partial charge is 0.289 e. The molecule has 0 aromatic carbocycles. The maximum Gasteiger partial charge on any atom is 0.143 e. The van der Waals surface area contributed by atoms with E-state index in [0.29, 0.717) is 0 Å². The van der Waals surface area contributed by atoms with E-state index in [9.17, 15) is 0 Å². The molecule has 0 amide bonds. The van der Waals surface area contributed by atoms with Gasteiger partial charge < -0.3 is 0 Å². The Labute approximate surface area is 42.2 Å². The monoisotopic (exact) mass is 103 g/mol. The van der Waals surface area contributed by atoms with E-state index < -0.39 is 0 Å². The maximum absolute atomic E-state index is 8.00. The van der Waals surface area contributed by atoms with Crippen molar-refractivity contribution in [1.82, 2.24) is 5.32 Å². The zero-order valence-electron chi connectivity index (χ0n) is 4.05. The Balaban J connectivity index is 2.14. The van der Waals surface area contributed by atoms with Crippen LogP contribution < -0.4 is 5.32 Å². The van der Waals surface area contributed by atoms with E-state index in [1.807, 2.05) is 0 Å². The number of hydrogen-bond acceptors (Lipinski definition) is 3. The molecule has 3 heteroatoms. The van der Waals surface area contributed by atoms with E-state index >= 15 is 0 Å². The van der Waals surface area contributed by atoms with Gasteiger partial charge in [-0.3, -0.25) is 10.6 Å². The molecule has 0 aliphatic carbocycles. The molecule has 1 aliphatic rings. The summed E-state index contributed by atoms with van der Waals surface area (Å²) in [7, 11) is 0. The minimum Gasteiger partial charge on any atom is -0.289 e. The average Bonchev–Trinajstić information content (AvgIpc) is 2.14. The van der Waals surface area contributed by atoms with Gasteiger partial charge in [0.15, 0.2) is 0 Å². The second kappa shape index (κ2) is 2.26. The van der Waals surface area contributed by atoms with Gasteiger partial charge >= 0.3 is 0 Å². The lowest BCUT2D eigenvalue weighted by Gasteiger charge is -2.01. The topological polar surface area (TPSA) is 41.5 Å². The minimum absolute atomic E-state index is 0.0972. The summed E-state index contributed by atoms with van der Waals surface area (Å²) in [6.45, 7) is 0.964. The Bertz CT molecular complexity index is 51.7. The van der Waals surface area contributed by atoms with Crippen molar-refractivity contribution in [3.8, 4) is 0 Å². The summed E-state index contributed by atoms with van der Waals surface area (Å²) in [5.41, 5.74) is 0. The van der Waals surface area contributed by atoms with Gasteiger partial charge in [0.25, 0.3) is 0 Å². The molecular weight excluding hydrogens is 94.0 g/mol. The molecular formula is C4H9NO2. The highest BCUT2D eigenvalue weighted by Crippen LogP contribution is 2.03. The summed E-state index contributed by atoms with van der Waals surface area (Å²) < 4.78 is 0. The van der Waals surface area contributed by atoms with E-state index in [2.05, 4.69) is 10.2 Å². The van der Waals surface area contributed by atoms with Gasteiger partial charge in [-0.15, -0.1) is 0 Å². The van der Waals surface area contributed by atoms with Crippen LogP contribution in [0.1, 0.15) is 12.8 Å². The van der Waals surface area contributed by atoms with Crippen molar-refractivity contribution in [1.29, 1.82) is 0 Å². The molecule has 7 heavy (non-hydrogen) atoms. The van der Waals surface area contributed by atoms with Gasteiger partial charge in [0.05, 0.1) is 0 Å². The minimum atomic E-state index is -0.0972. The normalized spacial score (nSPS) is 31.3. The first-order valence-corrected chi connectivity index (χ1v) is 2.47. The predicted octanol–water partition coefficient (Wildman–Crippen LogP) is 0.186. The standard InChI is InChI=1S/C4H9NO2/c6-7-4-2-1-3-5-4/h4-6H,1-3H2/t4-/m1/s1. The highest BCUT2D eigenvalue weighted by atomic mass is 17.1. The lowest BCUT2D eigenvalue weighted by molar-refractivity contribution is -0.281. The quantitative estimate of drug-likeness (QED) is 0.367. The van der Waals surface area contributed by atoms with Gasteiger partial charge in [0, 0.05) is 0 Å². The van der Waals surface area contributed by atoms with Gasteiger partial charge in [-0.1, -0.05) is 0 Å². The Morgan fingerprint density at radius 3 is 2.86 bits per heavy atom. The number of rotatable bonds is 1. The molecule has 0 unspecified atom stereocenters. The lowest BCUT2D eigenvalue weighted by atomic mass is 10.4. The van der Waals surface area contributed by atoms with Crippen molar-refractivity contribution in [3.05, 3.63) is 0 Å². The van der Waals surface area contributed by atoms with Gasteiger partial charge in [-0.05, 0) is 19.4 Å². The molecule has 0 saturated carbocycles. The van der Waals surface area contributed by atoms with E-state index in [-0.39, 0.29) is 6.23 Å². The van der Waals surface area contributed by atoms with Crippen LogP contribution in [0.3, 0.4) is 0 Å². The smallest absolute Gasteiger partial charge is 0.143 e. The van der Waals surface area contributed by atoms with Crippen LogP contribution in [-0.4, -0.2) is 18.0 Å². The first-order chi connectivity index (χ1) is 3.43. The second-order valence-corrected chi connectivity index (χ2v) is 1.69. The van der Waals surface area contributed by atoms with Gasteiger partial charge in [0.2, 0.25) is 0 Å². The van der Waals surface area contributed by atoms with Gasteiger partial charge in [-0.25, -0.2) is 4.89 Å². The summed E-state index contributed by atoms with van der Waals surface area (Å²) >= 11 is 0. The fourth-order valence-electron chi connectivity index (χ4n) is 0.743. The summed E-state index contributed by atoms with van der Waals surface area (Å²) in [4.78, 5) is 4.00. The molecule has 3 nitrogen and oxygen atoms in total. The Morgan fingerprint density at radius 1 is 1.71 bits per heavy atom. The van der Waals surface area contributed by atoms with Crippen molar-refractivity contribution in [2.75, 3.05) is 6.54 Å². The van der Waals surface area contributed by atoms with Crippen molar-refractivity contribution in [2.24, 2.45) is 0 Å². The molecule has 1 fully saturated rings. The third-order valence-corrected chi connectivity index (χ3v) is 1.14. The predicted molar refractivity (Wildman–Crippen MR) is 24.7 cm³/mol. The van der Waals surface area contributed by atoms with E-state index in [1.54, 1.807) is 0 Å². The molecule has 1 rings (SSSR count). The second-order valence-electron chi connectivity index (χ2n) is 1.69. The third kappa shape index (κ3) is 1.12. The molecule has 0 bridgehead atoms. The van der Waals surface area contributed by atoms with Crippen molar-refractivity contribution >= 4 is 0 Å². The van der Waals surface area contributed by atoms with Crippen LogP contribution in [0.2, 0.25) is 0 Å². The molecule has 42 valence electrons. The highest BCUT2D eigenvalue weighted by Gasteiger charge is 2.12. The molecule has 0 aromatic heterocycles. The third-order valence-electron chi connectivity index (χ3n) is 1.14. The summed E-state index contributed by atoms with van der Waals surface area (Å²) in [5.74, 6) is 0. The van der Waals surface area contributed by atoms with Crippen molar-refractivity contribution in [3.63, 3.8) is 0 Å². The summed E-state index contributed by atoms with van der Waals surface area (Å²) in [5, 5.41) is 10.9. The molecule has 2 N–H and O–H groups in total. The molecule has 1 heterocycles.